The molecule has 2 N–H and O–H groups in total. The van der Waals surface area contributed by atoms with Gasteiger partial charge in [-0.2, -0.15) is 13.2 Å². The van der Waals surface area contributed by atoms with Gasteiger partial charge in [-0.15, -0.1) is 12.4 Å². The Morgan fingerprint density at radius 1 is 1.08 bits per heavy atom. The Morgan fingerprint density at radius 2 is 1.72 bits per heavy atom. The van der Waals surface area contributed by atoms with Crippen molar-refractivity contribution in [3.63, 3.8) is 0 Å². The van der Waals surface area contributed by atoms with E-state index < -0.39 is 11.7 Å². The maximum absolute atomic E-state index is 12.5. The third-order valence-electron chi connectivity index (χ3n) is 3.29. The van der Waals surface area contributed by atoms with Crippen molar-refractivity contribution >= 4 is 24.0 Å². The number of alkyl halides is 3. The maximum Gasteiger partial charge on any atom is 0.416 e. The molecule has 25 heavy (non-hydrogen) atoms. The summed E-state index contributed by atoms with van der Waals surface area (Å²) in [5.41, 5.74) is 0.462. The molecule has 2 rings (SSSR count). The van der Waals surface area contributed by atoms with Gasteiger partial charge in [0.2, 0.25) is 5.91 Å². The van der Waals surface area contributed by atoms with Crippen LogP contribution in [0.2, 0.25) is 0 Å². The van der Waals surface area contributed by atoms with Crippen molar-refractivity contribution in [2.75, 3.05) is 19.0 Å². The summed E-state index contributed by atoms with van der Waals surface area (Å²) in [6, 6.07) is 11.7. The third kappa shape index (κ3) is 6.28. The molecule has 1 amide bonds. The normalized spacial score (nSPS) is 10.7. The van der Waals surface area contributed by atoms with E-state index in [1.165, 1.54) is 12.1 Å². The Bertz CT molecular complexity index is 691. The molecule has 0 spiro atoms. The molecule has 2 aromatic rings. The minimum absolute atomic E-state index is 0. The lowest BCUT2D eigenvalue weighted by Gasteiger charge is -2.10. The van der Waals surface area contributed by atoms with E-state index in [9.17, 15) is 18.0 Å². The standard InChI is InChI=1S/C17H17F3N2O2.ClH/c1-24-15-5-3-2-4-12(15)10-21-11-16(23)22-14-8-6-13(7-9-14)17(18,19)20;/h2-9,21H,10-11H2,1H3,(H,22,23);1H. The van der Waals surface area contributed by atoms with Gasteiger partial charge in [-0.25, -0.2) is 0 Å². The first-order valence-corrected chi connectivity index (χ1v) is 7.20. The number of anilines is 1. The fraction of sp³-hybridized carbons (Fsp3) is 0.235. The Balaban J connectivity index is 0.00000312. The van der Waals surface area contributed by atoms with Crippen LogP contribution >= 0.6 is 12.4 Å². The molecule has 0 aliphatic rings. The Hall–Kier alpha value is -2.25. The largest absolute Gasteiger partial charge is 0.496 e. The zero-order valence-electron chi connectivity index (χ0n) is 13.4. The minimum atomic E-state index is -4.39. The Morgan fingerprint density at radius 3 is 2.32 bits per heavy atom. The molecule has 8 heteroatoms. The molecule has 0 saturated carbocycles. The van der Waals surface area contributed by atoms with Crippen LogP contribution in [0.1, 0.15) is 11.1 Å². The van der Waals surface area contributed by atoms with Crippen LogP contribution in [0.3, 0.4) is 0 Å². The second-order valence-electron chi connectivity index (χ2n) is 5.04. The van der Waals surface area contributed by atoms with E-state index in [1.54, 1.807) is 7.11 Å². The molecule has 2 aromatic carbocycles. The van der Waals surface area contributed by atoms with Crippen molar-refractivity contribution in [1.82, 2.24) is 5.32 Å². The molecular weight excluding hydrogens is 357 g/mol. The van der Waals surface area contributed by atoms with Crippen molar-refractivity contribution in [1.29, 1.82) is 0 Å². The molecule has 0 saturated heterocycles. The van der Waals surface area contributed by atoms with Crippen molar-refractivity contribution in [2.45, 2.75) is 12.7 Å². The van der Waals surface area contributed by atoms with Crippen molar-refractivity contribution in [2.24, 2.45) is 0 Å². The van der Waals surface area contributed by atoms with E-state index >= 15 is 0 Å². The van der Waals surface area contributed by atoms with Crippen LogP contribution in [0.25, 0.3) is 0 Å². The van der Waals surface area contributed by atoms with E-state index in [2.05, 4.69) is 10.6 Å². The lowest BCUT2D eigenvalue weighted by Crippen LogP contribution is -2.27. The fourth-order valence-corrected chi connectivity index (χ4v) is 2.11. The minimum Gasteiger partial charge on any atom is -0.496 e. The van der Waals surface area contributed by atoms with Crippen LogP contribution < -0.4 is 15.4 Å². The smallest absolute Gasteiger partial charge is 0.416 e. The number of para-hydroxylation sites is 1. The van der Waals surface area contributed by atoms with Gasteiger partial charge >= 0.3 is 6.18 Å². The van der Waals surface area contributed by atoms with Crippen molar-refractivity contribution in [3.8, 4) is 5.75 Å². The topological polar surface area (TPSA) is 50.4 Å². The summed E-state index contributed by atoms with van der Waals surface area (Å²) >= 11 is 0. The summed E-state index contributed by atoms with van der Waals surface area (Å²) in [4.78, 5) is 11.8. The first-order valence-electron chi connectivity index (χ1n) is 7.20. The molecule has 0 bridgehead atoms. The number of amides is 1. The summed E-state index contributed by atoms with van der Waals surface area (Å²) in [6.45, 7) is 0.462. The van der Waals surface area contributed by atoms with Crippen LogP contribution in [0.5, 0.6) is 5.75 Å². The number of benzene rings is 2. The Kier molecular flexibility index (Phi) is 7.73. The number of ether oxygens (including phenoxy) is 1. The average molecular weight is 375 g/mol. The predicted molar refractivity (Wildman–Crippen MR) is 92.0 cm³/mol. The number of halogens is 4. The monoisotopic (exact) mass is 374 g/mol. The molecule has 0 radical (unpaired) electrons. The number of methoxy groups -OCH3 is 1. The lowest BCUT2D eigenvalue weighted by atomic mass is 10.2. The van der Waals surface area contributed by atoms with Gasteiger partial charge in [0, 0.05) is 17.8 Å². The number of carbonyl (C=O) groups is 1. The Labute approximate surface area is 149 Å². The highest BCUT2D eigenvalue weighted by Crippen LogP contribution is 2.29. The van der Waals surface area contributed by atoms with E-state index in [-0.39, 0.29) is 24.9 Å². The summed E-state index contributed by atoms with van der Waals surface area (Å²) in [7, 11) is 1.57. The van der Waals surface area contributed by atoms with E-state index in [1.807, 2.05) is 24.3 Å². The number of hydrogen-bond donors (Lipinski definition) is 2. The summed E-state index contributed by atoms with van der Waals surface area (Å²) < 4.78 is 42.6. The first kappa shape index (κ1) is 20.8. The van der Waals surface area contributed by atoms with Crippen molar-refractivity contribution < 1.29 is 22.7 Å². The van der Waals surface area contributed by atoms with E-state index in [0.29, 0.717) is 18.0 Å². The molecule has 136 valence electrons. The molecule has 0 aromatic heterocycles. The van der Waals surface area contributed by atoms with Crippen LogP contribution in [0.4, 0.5) is 18.9 Å². The molecule has 0 fully saturated rings. The highest BCUT2D eigenvalue weighted by Gasteiger charge is 2.29. The molecule has 0 unspecified atom stereocenters. The highest BCUT2D eigenvalue weighted by atomic mass is 35.5. The second-order valence-corrected chi connectivity index (χ2v) is 5.04. The number of hydrogen-bond acceptors (Lipinski definition) is 3. The number of carbonyl (C=O) groups excluding carboxylic acids is 1. The highest BCUT2D eigenvalue weighted by molar-refractivity contribution is 5.92. The molecule has 4 nitrogen and oxygen atoms in total. The quantitative estimate of drug-likeness (QED) is 0.807. The SMILES string of the molecule is COc1ccccc1CNCC(=O)Nc1ccc(C(F)(F)F)cc1.Cl. The van der Waals surface area contributed by atoms with Crippen LogP contribution in [0.15, 0.2) is 48.5 Å². The van der Waals surface area contributed by atoms with Crippen LogP contribution in [-0.4, -0.2) is 19.6 Å². The summed E-state index contributed by atoms with van der Waals surface area (Å²) in [5.74, 6) is 0.373. The van der Waals surface area contributed by atoms with Gasteiger partial charge < -0.3 is 15.4 Å². The lowest BCUT2D eigenvalue weighted by molar-refractivity contribution is -0.137. The molecule has 0 atom stereocenters. The van der Waals surface area contributed by atoms with Crippen LogP contribution in [-0.2, 0) is 17.5 Å². The zero-order valence-corrected chi connectivity index (χ0v) is 14.2. The van der Waals surface area contributed by atoms with Crippen molar-refractivity contribution in [3.05, 3.63) is 59.7 Å². The zero-order chi connectivity index (χ0) is 17.6. The predicted octanol–water partition coefficient (Wildman–Crippen LogP) is 3.86. The maximum atomic E-state index is 12.5. The van der Waals surface area contributed by atoms with Gasteiger partial charge in [-0.3, -0.25) is 4.79 Å². The van der Waals surface area contributed by atoms with Gasteiger partial charge in [0.25, 0.3) is 0 Å². The van der Waals surface area contributed by atoms with E-state index in [4.69, 9.17) is 4.74 Å². The second kappa shape index (κ2) is 9.29. The van der Waals surface area contributed by atoms with Gasteiger partial charge in [0.05, 0.1) is 19.2 Å². The molecule has 0 aliphatic heterocycles. The summed E-state index contributed by atoms with van der Waals surface area (Å²) in [6.07, 6.45) is -4.39. The van der Waals surface area contributed by atoms with Gasteiger partial charge in [0.15, 0.2) is 0 Å². The third-order valence-corrected chi connectivity index (χ3v) is 3.29. The van der Waals surface area contributed by atoms with Gasteiger partial charge in [-0.1, -0.05) is 18.2 Å². The first-order chi connectivity index (χ1) is 11.4. The van der Waals surface area contributed by atoms with Crippen LogP contribution in [0, 0.1) is 0 Å². The molecular formula is C17H18ClF3N2O2. The number of rotatable bonds is 6. The van der Waals surface area contributed by atoms with Gasteiger partial charge in [-0.05, 0) is 30.3 Å². The average Bonchev–Trinajstić information content (AvgIpc) is 2.55. The molecule has 0 heterocycles. The number of nitrogens with one attached hydrogen (secondary N) is 2. The fourth-order valence-electron chi connectivity index (χ4n) is 2.11. The van der Waals surface area contributed by atoms with E-state index in [0.717, 1.165) is 17.7 Å². The summed E-state index contributed by atoms with van der Waals surface area (Å²) in [5, 5.41) is 5.50. The van der Waals surface area contributed by atoms with Gasteiger partial charge in [0.1, 0.15) is 5.75 Å². The molecule has 0 aliphatic carbocycles.